The zero-order valence-corrected chi connectivity index (χ0v) is 22.3. The van der Waals surface area contributed by atoms with Gasteiger partial charge in [0.05, 0.1) is 0 Å². The van der Waals surface area contributed by atoms with Crippen LogP contribution in [0, 0.1) is 19.8 Å². The van der Waals surface area contributed by atoms with Gasteiger partial charge in [-0.2, -0.15) is 0 Å². The minimum atomic E-state index is -0.838. The molecule has 1 aromatic rings. The Bertz CT molecular complexity index is 872. The lowest BCUT2D eigenvalue weighted by Gasteiger charge is -2.36. The van der Waals surface area contributed by atoms with Crippen molar-refractivity contribution in [2.24, 2.45) is 5.92 Å². The highest BCUT2D eigenvalue weighted by atomic mass is 16.6. The number of alkyl carbamates (subject to hydrolysis) is 1. The van der Waals surface area contributed by atoms with E-state index in [1.807, 2.05) is 39.0 Å². The normalized spacial score (nSPS) is 20.0. The lowest BCUT2D eigenvalue weighted by Crippen LogP contribution is -2.54. The van der Waals surface area contributed by atoms with Crippen LogP contribution in [0.4, 0.5) is 4.79 Å². The fourth-order valence-corrected chi connectivity index (χ4v) is 4.42. The smallest absolute Gasteiger partial charge is 0.408 e. The van der Waals surface area contributed by atoms with Crippen molar-refractivity contribution in [2.75, 3.05) is 0 Å². The Morgan fingerprint density at radius 2 is 1.68 bits per heavy atom. The summed E-state index contributed by atoms with van der Waals surface area (Å²) in [6, 6.07) is 4.23. The molecule has 5 unspecified atom stereocenters. The van der Waals surface area contributed by atoms with E-state index in [1.54, 1.807) is 32.6 Å². The summed E-state index contributed by atoms with van der Waals surface area (Å²) >= 11 is 0. The number of nitrogens with zero attached hydrogens (tertiary/aromatic N) is 1. The van der Waals surface area contributed by atoms with Gasteiger partial charge in [-0.1, -0.05) is 38.5 Å². The first-order valence-electron chi connectivity index (χ1n) is 12.4. The predicted octanol–water partition coefficient (Wildman–Crippen LogP) is 4.80. The minimum absolute atomic E-state index is 0.00443. The first kappa shape index (κ1) is 27.7. The second-order valence-corrected chi connectivity index (χ2v) is 10.8. The van der Waals surface area contributed by atoms with Gasteiger partial charge in [0, 0.05) is 12.1 Å². The molecule has 190 valence electrons. The van der Waals surface area contributed by atoms with Crippen LogP contribution in [0.5, 0.6) is 0 Å². The molecule has 0 radical (unpaired) electrons. The van der Waals surface area contributed by atoms with E-state index in [9.17, 15) is 14.4 Å². The van der Waals surface area contributed by atoms with Crippen LogP contribution < -0.4 is 10.6 Å². The average molecular weight is 474 g/mol. The molecule has 0 heterocycles. The molecule has 0 aromatic heterocycles. The van der Waals surface area contributed by atoms with Crippen molar-refractivity contribution >= 4 is 17.9 Å². The summed E-state index contributed by atoms with van der Waals surface area (Å²) in [5.74, 6) is -0.188. The summed E-state index contributed by atoms with van der Waals surface area (Å²) in [7, 11) is 0. The highest BCUT2D eigenvalue weighted by Crippen LogP contribution is 2.42. The number of aryl methyl sites for hydroxylation is 2. The van der Waals surface area contributed by atoms with Gasteiger partial charge in [0.15, 0.2) is 0 Å². The van der Waals surface area contributed by atoms with Crippen LogP contribution in [0.2, 0.25) is 0 Å². The molecule has 0 saturated heterocycles. The lowest BCUT2D eigenvalue weighted by molar-refractivity contribution is -0.143. The van der Waals surface area contributed by atoms with E-state index in [4.69, 9.17) is 4.74 Å². The van der Waals surface area contributed by atoms with Gasteiger partial charge in [0.1, 0.15) is 17.7 Å². The van der Waals surface area contributed by atoms with Gasteiger partial charge in [0.2, 0.25) is 11.8 Å². The number of hydrogen-bond donors (Lipinski definition) is 2. The van der Waals surface area contributed by atoms with Gasteiger partial charge in [-0.15, -0.1) is 0 Å². The van der Waals surface area contributed by atoms with E-state index in [0.29, 0.717) is 0 Å². The molecule has 2 rings (SSSR count). The van der Waals surface area contributed by atoms with E-state index in [0.717, 1.165) is 36.0 Å². The molecule has 0 bridgehead atoms. The highest BCUT2D eigenvalue weighted by Gasteiger charge is 2.48. The molecular formula is C27H43N3O4. The van der Waals surface area contributed by atoms with E-state index >= 15 is 0 Å². The van der Waals surface area contributed by atoms with Crippen LogP contribution in [0.1, 0.15) is 90.5 Å². The molecular weight excluding hydrogens is 430 g/mol. The highest BCUT2D eigenvalue weighted by molar-refractivity contribution is 5.93. The van der Waals surface area contributed by atoms with Crippen LogP contribution in [0.3, 0.4) is 0 Å². The molecule has 34 heavy (non-hydrogen) atoms. The van der Waals surface area contributed by atoms with Crippen molar-refractivity contribution < 1.29 is 19.1 Å². The van der Waals surface area contributed by atoms with Crippen LogP contribution in [0.15, 0.2) is 18.2 Å². The number of carbonyl (C=O) groups excluding carboxylic acids is 3. The van der Waals surface area contributed by atoms with E-state index in [1.165, 1.54) is 0 Å². The number of ether oxygens (including phenoxy) is 1. The molecule has 1 fully saturated rings. The summed E-state index contributed by atoms with van der Waals surface area (Å²) in [6.45, 7) is 17.1. The molecule has 3 amide bonds. The SMILES string of the molecule is CCCC(C)NC(=O)C(c1c(C)cccc1C)N(C(=O)C(C)NC(=O)OC(C)(C)C)C1CC1C. The lowest BCUT2D eigenvalue weighted by atomic mass is 9.93. The topological polar surface area (TPSA) is 87.7 Å². The van der Waals surface area contributed by atoms with Gasteiger partial charge < -0.3 is 20.3 Å². The molecule has 7 nitrogen and oxygen atoms in total. The van der Waals surface area contributed by atoms with Gasteiger partial charge in [0.25, 0.3) is 0 Å². The minimum Gasteiger partial charge on any atom is -0.444 e. The Morgan fingerprint density at radius 1 is 1.12 bits per heavy atom. The van der Waals surface area contributed by atoms with Crippen molar-refractivity contribution in [1.82, 2.24) is 15.5 Å². The van der Waals surface area contributed by atoms with Crippen LogP contribution >= 0.6 is 0 Å². The third-order valence-corrected chi connectivity index (χ3v) is 6.23. The maximum absolute atomic E-state index is 13.8. The number of amides is 3. The average Bonchev–Trinajstić information content (AvgIpc) is 3.41. The van der Waals surface area contributed by atoms with Crippen molar-refractivity contribution in [3.05, 3.63) is 34.9 Å². The molecule has 1 saturated carbocycles. The summed E-state index contributed by atoms with van der Waals surface area (Å²) in [5, 5.41) is 5.80. The standard InChI is InChI=1S/C27H43N3O4/c1-10-12-19(5)28-24(31)23(22-16(2)13-11-14-17(22)3)30(21-15-18(21)4)25(32)20(6)29-26(33)34-27(7,8)9/h11,13-14,18-21,23H,10,12,15H2,1-9H3,(H,28,31)(H,29,33). The van der Waals surface area contributed by atoms with E-state index in [-0.39, 0.29) is 29.8 Å². The van der Waals surface area contributed by atoms with Gasteiger partial charge in [-0.05, 0) is 83.9 Å². The zero-order valence-electron chi connectivity index (χ0n) is 22.3. The van der Waals surface area contributed by atoms with Gasteiger partial charge in [-0.3, -0.25) is 9.59 Å². The van der Waals surface area contributed by atoms with E-state index < -0.39 is 23.8 Å². The Balaban J connectivity index is 2.45. The second-order valence-electron chi connectivity index (χ2n) is 10.8. The molecule has 2 N–H and O–H groups in total. The molecule has 5 atom stereocenters. The fraction of sp³-hybridized carbons (Fsp3) is 0.667. The number of nitrogens with one attached hydrogen (secondary N) is 2. The molecule has 0 spiro atoms. The van der Waals surface area contributed by atoms with Crippen molar-refractivity contribution in [3.8, 4) is 0 Å². The zero-order chi connectivity index (χ0) is 25.8. The van der Waals surface area contributed by atoms with Crippen LogP contribution in [0.25, 0.3) is 0 Å². The maximum Gasteiger partial charge on any atom is 0.408 e. The molecule has 1 aliphatic carbocycles. The van der Waals surface area contributed by atoms with Crippen molar-refractivity contribution in [3.63, 3.8) is 0 Å². The quantitative estimate of drug-likeness (QED) is 0.539. The van der Waals surface area contributed by atoms with Crippen molar-refractivity contribution in [2.45, 2.75) is 111 Å². The van der Waals surface area contributed by atoms with Crippen molar-refractivity contribution in [1.29, 1.82) is 0 Å². The summed E-state index contributed by atoms with van der Waals surface area (Å²) < 4.78 is 5.35. The first-order valence-corrected chi connectivity index (χ1v) is 12.4. The van der Waals surface area contributed by atoms with E-state index in [2.05, 4.69) is 24.5 Å². The summed E-state index contributed by atoms with van der Waals surface area (Å²) in [5.41, 5.74) is 2.10. The summed E-state index contributed by atoms with van der Waals surface area (Å²) in [6.07, 6.45) is 1.98. The molecule has 7 heteroatoms. The molecule has 1 aromatic carbocycles. The Morgan fingerprint density at radius 3 is 2.15 bits per heavy atom. The number of carbonyl (C=O) groups is 3. The van der Waals surface area contributed by atoms with Gasteiger partial charge in [-0.25, -0.2) is 4.79 Å². The van der Waals surface area contributed by atoms with Crippen LogP contribution in [-0.4, -0.2) is 46.5 Å². The number of hydrogen-bond acceptors (Lipinski definition) is 4. The number of benzene rings is 1. The Hall–Kier alpha value is -2.57. The van der Waals surface area contributed by atoms with Crippen LogP contribution in [-0.2, 0) is 14.3 Å². The third kappa shape index (κ3) is 7.21. The predicted molar refractivity (Wildman–Crippen MR) is 134 cm³/mol. The number of rotatable bonds is 9. The third-order valence-electron chi connectivity index (χ3n) is 6.23. The summed E-state index contributed by atoms with van der Waals surface area (Å²) in [4.78, 5) is 41.6. The fourth-order valence-electron chi connectivity index (χ4n) is 4.42. The largest absolute Gasteiger partial charge is 0.444 e. The Kier molecular flexibility index (Phi) is 9.15. The first-order chi connectivity index (χ1) is 15.8. The maximum atomic E-state index is 13.8. The monoisotopic (exact) mass is 473 g/mol. The van der Waals surface area contributed by atoms with Gasteiger partial charge >= 0.3 is 6.09 Å². The Labute approximate surface area is 205 Å². The second kappa shape index (κ2) is 11.2. The molecule has 1 aliphatic rings. The molecule has 0 aliphatic heterocycles.